The lowest BCUT2D eigenvalue weighted by molar-refractivity contribution is 0.403. The van der Waals surface area contributed by atoms with E-state index in [0.29, 0.717) is 19.5 Å². The van der Waals surface area contributed by atoms with Crippen molar-refractivity contribution >= 4 is 11.6 Å². The Balaban J connectivity index is 3.06. The first-order chi connectivity index (χ1) is 8.54. The highest BCUT2D eigenvalue weighted by Crippen LogP contribution is 2.35. The molecule has 0 saturated heterocycles. The summed E-state index contributed by atoms with van der Waals surface area (Å²) in [5.41, 5.74) is 4.25. The van der Waals surface area contributed by atoms with Crippen LogP contribution in [0.15, 0.2) is 0 Å². The van der Waals surface area contributed by atoms with Crippen molar-refractivity contribution in [1.82, 2.24) is 5.32 Å². The number of rotatable bonds is 5. The van der Waals surface area contributed by atoms with Gasteiger partial charge in [-0.2, -0.15) is 5.26 Å². The van der Waals surface area contributed by atoms with Crippen LogP contribution in [0.1, 0.15) is 28.7 Å². The summed E-state index contributed by atoms with van der Waals surface area (Å²) in [6.07, 6.45) is 0.500. The molecule has 0 aliphatic rings. The Kier molecular flexibility index (Phi) is 5.46. The van der Waals surface area contributed by atoms with Crippen LogP contribution in [0.3, 0.4) is 0 Å². The van der Waals surface area contributed by atoms with Crippen LogP contribution in [0.4, 0.5) is 0 Å². The molecule has 1 aromatic carbocycles. The van der Waals surface area contributed by atoms with E-state index in [-0.39, 0.29) is 0 Å². The molecule has 0 saturated carbocycles. The number of nitrogens with one attached hydrogen (secondary N) is 1. The minimum Gasteiger partial charge on any atom is -0.496 e. The third-order valence-corrected chi connectivity index (χ3v) is 3.77. The number of hydrogen-bond acceptors (Lipinski definition) is 3. The second kappa shape index (κ2) is 6.63. The Morgan fingerprint density at radius 3 is 2.44 bits per heavy atom. The van der Waals surface area contributed by atoms with E-state index in [9.17, 15) is 0 Å². The quantitative estimate of drug-likeness (QED) is 0.832. The first kappa shape index (κ1) is 14.8. The SMILES string of the molecule is COc1c(C)c(C)c(Cl)c(C)c1CNCCC#N. The van der Waals surface area contributed by atoms with Crippen LogP contribution in [0.25, 0.3) is 0 Å². The third-order valence-electron chi connectivity index (χ3n) is 3.21. The number of benzene rings is 1. The summed E-state index contributed by atoms with van der Waals surface area (Å²) in [5.74, 6) is 0.888. The molecule has 0 bridgehead atoms. The number of methoxy groups -OCH3 is 1. The Morgan fingerprint density at radius 2 is 1.89 bits per heavy atom. The molecule has 0 atom stereocenters. The molecule has 4 heteroatoms. The van der Waals surface area contributed by atoms with Crippen LogP contribution in [0, 0.1) is 32.1 Å². The fourth-order valence-corrected chi connectivity index (χ4v) is 2.25. The first-order valence-electron chi connectivity index (χ1n) is 5.94. The number of nitrogens with zero attached hydrogens (tertiary/aromatic N) is 1. The zero-order valence-corrected chi connectivity index (χ0v) is 12.1. The van der Waals surface area contributed by atoms with E-state index >= 15 is 0 Å². The van der Waals surface area contributed by atoms with Crippen molar-refractivity contribution < 1.29 is 4.74 Å². The van der Waals surface area contributed by atoms with Gasteiger partial charge in [0, 0.05) is 30.1 Å². The molecule has 0 spiro atoms. The normalized spacial score (nSPS) is 10.2. The van der Waals surface area contributed by atoms with E-state index in [1.54, 1.807) is 7.11 Å². The molecule has 3 nitrogen and oxygen atoms in total. The van der Waals surface area contributed by atoms with E-state index in [0.717, 1.165) is 33.0 Å². The molecule has 1 rings (SSSR count). The van der Waals surface area contributed by atoms with Crippen LogP contribution >= 0.6 is 11.6 Å². The maximum atomic E-state index is 8.51. The van der Waals surface area contributed by atoms with Crippen LogP contribution in [0.5, 0.6) is 5.75 Å². The molecule has 0 fully saturated rings. The number of ether oxygens (including phenoxy) is 1. The van der Waals surface area contributed by atoms with Gasteiger partial charge in [-0.05, 0) is 37.5 Å². The van der Waals surface area contributed by atoms with Crippen LogP contribution in [0.2, 0.25) is 5.02 Å². The number of halogens is 1. The largest absolute Gasteiger partial charge is 0.496 e. The molecule has 0 aliphatic heterocycles. The van der Waals surface area contributed by atoms with Gasteiger partial charge in [0.05, 0.1) is 13.2 Å². The molecule has 1 aromatic rings. The molecule has 0 aliphatic carbocycles. The summed E-state index contributed by atoms with van der Waals surface area (Å²) in [4.78, 5) is 0. The van der Waals surface area contributed by atoms with Crippen molar-refractivity contribution in [2.75, 3.05) is 13.7 Å². The first-order valence-corrected chi connectivity index (χ1v) is 6.32. The minimum atomic E-state index is 0.500. The van der Waals surface area contributed by atoms with Crippen LogP contribution in [-0.2, 0) is 6.54 Å². The Morgan fingerprint density at radius 1 is 1.22 bits per heavy atom. The zero-order chi connectivity index (χ0) is 13.7. The highest BCUT2D eigenvalue weighted by molar-refractivity contribution is 6.32. The molecule has 1 N–H and O–H groups in total. The summed E-state index contributed by atoms with van der Waals surface area (Å²) in [7, 11) is 1.67. The molecular formula is C14H19ClN2O. The van der Waals surface area contributed by atoms with Gasteiger partial charge in [0.15, 0.2) is 0 Å². The van der Waals surface area contributed by atoms with E-state index in [1.165, 1.54) is 0 Å². The maximum Gasteiger partial charge on any atom is 0.126 e. The topological polar surface area (TPSA) is 45.0 Å². The highest BCUT2D eigenvalue weighted by Gasteiger charge is 2.16. The van der Waals surface area contributed by atoms with E-state index in [1.807, 2.05) is 20.8 Å². The summed E-state index contributed by atoms with van der Waals surface area (Å²) in [6, 6.07) is 2.11. The maximum absolute atomic E-state index is 8.51. The van der Waals surface area contributed by atoms with Gasteiger partial charge in [0.1, 0.15) is 5.75 Å². The monoisotopic (exact) mass is 266 g/mol. The number of hydrogen-bond donors (Lipinski definition) is 1. The summed E-state index contributed by atoms with van der Waals surface area (Å²) in [5, 5.41) is 12.5. The Hall–Kier alpha value is -1.24. The standard InChI is InChI=1S/C14H19ClN2O/c1-9-10(2)14(18-4)12(11(3)13(9)15)8-17-7-5-6-16/h17H,5,7-8H2,1-4H3. The van der Waals surface area contributed by atoms with Crippen molar-refractivity contribution in [2.24, 2.45) is 0 Å². The average molecular weight is 267 g/mol. The molecular weight excluding hydrogens is 248 g/mol. The lowest BCUT2D eigenvalue weighted by Crippen LogP contribution is -2.16. The molecule has 0 unspecified atom stereocenters. The van der Waals surface area contributed by atoms with E-state index in [2.05, 4.69) is 11.4 Å². The van der Waals surface area contributed by atoms with Crippen molar-refractivity contribution in [3.8, 4) is 11.8 Å². The van der Waals surface area contributed by atoms with Gasteiger partial charge >= 0.3 is 0 Å². The fourth-order valence-electron chi connectivity index (χ4n) is 1.99. The van der Waals surface area contributed by atoms with Crippen molar-refractivity contribution in [3.05, 3.63) is 27.3 Å². The van der Waals surface area contributed by atoms with Crippen molar-refractivity contribution in [1.29, 1.82) is 5.26 Å². The molecule has 0 radical (unpaired) electrons. The van der Waals surface area contributed by atoms with Crippen LogP contribution in [-0.4, -0.2) is 13.7 Å². The molecule has 0 heterocycles. The lowest BCUT2D eigenvalue weighted by atomic mass is 9.98. The van der Waals surface area contributed by atoms with Gasteiger partial charge in [-0.15, -0.1) is 0 Å². The zero-order valence-electron chi connectivity index (χ0n) is 11.4. The van der Waals surface area contributed by atoms with Crippen LogP contribution < -0.4 is 10.1 Å². The predicted molar refractivity (Wildman–Crippen MR) is 74.2 cm³/mol. The Labute approximate surface area is 114 Å². The van der Waals surface area contributed by atoms with Crippen molar-refractivity contribution in [2.45, 2.75) is 33.7 Å². The average Bonchev–Trinajstić information content (AvgIpc) is 2.38. The predicted octanol–water partition coefficient (Wildman–Crippen LogP) is 3.28. The number of nitriles is 1. The molecule has 0 aromatic heterocycles. The molecule has 98 valence electrons. The smallest absolute Gasteiger partial charge is 0.126 e. The summed E-state index contributed by atoms with van der Waals surface area (Å²) >= 11 is 6.32. The minimum absolute atomic E-state index is 0.500. The second-order valence-electron chi connectivity index (χ2n) is 4.29. The summed E-state index contributed by atoms with van der Waals surface area (Å²) in [6.45, 7) is 7.35. The Bertz CT molecular complexity index is 478. The van der Waals surface area contributed by atoms with Crippen molar-refractivity contribution in [3.63, 3.8) is 0 Å². The molecule has 18 heavy (non-hydrogen) atoms. The second-order valence-corrected chi connectivity index (χ2v) is 4.66. The van der Waals surface area contributed by atoms with Gasteiger partial charge < -0.3 is 10.1 Å². The third kappa shape index (κ3) is 2.95. The van der Waals surface area contributed by atoms with E-state index in [4.69, 9.17) is 21.6 Å². The lowest BCUT2D eigenvalue weighted by Gasteiger charge is -2.18. The highest BCUT2D eigenvalue weighted by atomic mass is 35.5. The van der Waals surface area contributed by atoms with Gasteiger partial charge in [-0.1, -0.05) is 11.6 Å². The fraction of sp³-hybridized carbons (Fsp3) is 0.500. The summed E-state index contributed by atoms with van der Waals surface area (Å²) < 4.78 is 5.49. The molecule has 0 amide bonds. The van der Waals surface area contributed by atoms with Gasteiger partial charge in [0.25, 0.3) is 0 Å². The van der Waals surface area contributed by atoms with Gasteiger partial charge in [-0.3, -0.25) is 0 Å². The van der Waals surface area contributed by atoms with Gasteiger partial charge in [-0.25, -0.2) is 0 Å². The van der Waals surface area contributed by atoms with Gasteiger partial charge in [0.2, 0.25) is 0 Å². The van der Waals surface area contributed by atoms with E-state index < -0.39 is 0 Å².